The Kier molecular flexibility index (Phi) is 4.50. The number of nitrogens with two attached hydrogens (primary N) is 1. The molecule has 1 nitrogen and oxygen atoms in total. The average molecular weight is 261 g/mol. The molecule has 0 aliphatic carbocycles. The highest BCUT2D eigenvalue weighted by atomic mass is 79.9. The van der Waals surface area contributed by atoms with Gasteiger partial charge in [-0.15, -0.1) is 0 Å². The van der Waals surface area contributed by atoms with Crippen molar-refractivity contribution in [3.05, 3.63) is 39.3 Å². The maximum Gasteiger partial charge on any atom is 0.0489 e. The third-order valence-electron chi connectivity index (χ3n) is 1.59. The number of hydrogen-bond acceptors (Lipinski definition) is 1. The molecule has 0 atom stereocenters. The topological polar surface area (TPSA) is 26.0 Å². The molecule has 1 aromatic carbocycles. The third kappa shape index (κ3) is 3.51. The maximum atomic E-state index is 6.00. The normalized spacial score (nSPS) is 11.0. The second-order valence-electron chi connectivity index (χ2n) is 2.65. The van der Waals surface area contributed by atoms with Crippen molar-refractivity contribution in [2.75, 3.05) is 6.54 Å². The Morgan fingerprint density at radius 3 is 2.85 bits per heavy atom. The maximum absolute atomic E-state index is 6.00. The molecule has 0 saturated carbocycles. The molecule has 2 N–H and O–H groups in total. The van der Waals surface area contributed by atoms with Gasteiger partial charge in [-0.05, 0) is 30.7 Å². The van der Waals surface area contributed by atoms with Crippen LogP contribution in [0, 0.1) is 0 Å². The molecule has 3 heteroatoms. The van der Waals surface area contributed by atoms with Gasteiger partial charge >= 0.3 is 0 Å². The molecule has 0 heterocycles. The van der Waals surface area contributed by atoms with Crippen LogP contribution in [0.25, 0.3) is 6.08 Å². The van der Waals surface area contributed by atoms with E-state index in [2.05, 4.69) is 15.9 Å². The van der Waals surface area contributed by atoms with Gasteiger partial charge in [0.05, 0.1) is 0 Å². The highest BCUT2D eigenvalue weighted by molar-refractivity contribution is 9.10. The molecule has 0 amide bonds. The fourth-order valence-electron chi connectivity index (χ4n) is 0.943. The van der Waals surface area contributed by atoms with Crippen LogP contribution in [0.1, 0.15) is 12.0 Å². The molecule has 0 bridgehead atoms. The van der Waals surface area contributed by atoms with E-state index >= 15 is 0 Å². The van der Waals surface area contributed by atoms with E-state index in [1.54, 1.807) is 0 Å². The van der Waals surface area contributed by atoms with Crippen molar-refractivity contribution in [3.63, 3.8) is 0 Å². The SMILES string of the molecule is NCCC=Cc1ccc(Br)cc1Cl. The Labute approximate surface area is 91.7 Å². The number of rotatable bonds is 3. The van der Waals surface area contributed by atoms with E-state index in [9.17, 15) is 0 Å². The Bertz CT molecular complexity index is 310. The van der Waals surface area contributed by atoms with E-state index < -0.39 is 0 Å². The first-order valence-electron chi connectivity index (χ1n) is 4.05. The molecule has 13 heavy (non-hydrogen) atoms. The lowest BCUT2D eigenvalue weighted by Gasteiger charge is -1.98. The Balaban J connectivity index is 2.77. The van der Waals surface area contributed by atoms with E-state index in [0.717, 1.165) is 21.5 Å². The van der Waals surface area contributed by atoms with Gasteiger partial charge in [-0.2, -0.15) is 0 Å². The Morgan fingerprint density at radius 1 is 1.46 bits per heavy atom. The summed E-state index contributed by atoms with van der Waals surface area (Å²) in [6.07, 6.45) is 4.89. The summed E-state index contributed by atoms with van der Waals surface area (Å²) in [6, 6.07) is 5.82. The summed E-state index contributed by atoms with van der Waals surface area (Å²) < 4.78 is 0.994. The van der Waals surface area contributed by atoms with Gasteiger partial charge in [0.2, 0.25) is 0 Å². The van der Waals surface area contributed by atoms with Crippen LogP contribution in [-0.4, -0.2) is 6.54 Å². The van der Waals surface area contributed by atoms with Crippen molar-refractivity contribution in [1.82, 2.24) is 0 Å². The fourth-order valence-corrected chi connectivity index (χ4v) is 1.68. The van der Waals surface area contributed by atoms with E-state index in [1.807, 2.05) is 30.4 Å². The van der Waals surface area contributed by atoms with Crippen molar-refractivity contribution in [2.24, 2.45) is 5.73 Å². The van der Waals surface area contributed by atoms with Gasteiger partial charge in [0.1, 0.15) is 0 Å². The van der Waals surface area contributed by atoms with Crippen LogP contribution in [0.5, 0.6) is 0 Å². The van der Waals surface area contributed by atoms with Crippen LogP contribution >= 0.6 is 27.5 Å². The monoisotopic (exact) mass is 259 g/mol. The van der Waals surface area contributed by atoms with Gasteiger partial charge < -0.3 is 5.73 Å². The van der Waals surface area contributed by atoms with Crippen molar-refractivity contribution >= 4 is 33.6 Å². The van der Waals surface area contributed by atoms with Crippen molar-refractivity contribution in [3.8, 4) is 0 Å². The molecule has 70 valence electrons. The second-order valence-corrected chi connectivity index (χ2v) is 3.97. The summed E-state index contributed by atoms with van der Waals surface area (Å²) in [4.78, 5) is 0. The Morgan fingerprint density at radius 2 is 2.23 bits per heavy atom. The van der Waals surface area contributed by atoms with Gasteiger partial charge in [-0.3, -0.25) is 0 Å². The zero-order valence-corrected chi connectivity index (χ0v) is 9.48. The largest absolute Gasteiger partial charge is 0.330 e. The first-order valence-corrected chi connectivity index (χ1v) is 5.23. The predicted molar refractivity (Wildman–Crippen MR) is 61.9 cm³/mol. The molecule has 0 unspecified atom stereocenters. The molecule has 1 aromatic rings. The summed E-state index contributed by atoms with van der Waals surface area (Å²) in [5.41, 5.74) is 6.39. The summed E-state index contributed by atoms with van der Waals surface area (Å²) in [7, 11) is 0. The zero-order valence-electron chi connectivity index (χ0n) is 7.13. The van der Waals surface area contributed by atoms with Crippen LogP contribution < -0.4 is 5.73 Å². The van der Waals surface area contributed by atoms with Gasteiger partial charge in [0, 0.05) is 9.50 Å². The molecule has 0 saturated heterocycles. The first-order chi connectivity index (χ1) is 6.24. The van der Waals surface area contributed by atoms with Crippen molar-refractivity contribution in [1.29, 1.82) is 0 Å². The number of halogens is 2. The average Bonchev–Trinajstić information content (AvgIpc) is 2.09. The standard InChI is InChI=1S/C10H11BrClN/c11-9-5-4-8(10(12)7-9)3-1-2-6-13/h1,3-5,7H,2,6,13H2. The van der Waals surface area contributed by atoms with Crippen molar-refractivity contribution < 1.29 is 0 Å². The molecule has 0 aliphatic heterocycles. The van der Waals surface area contributed by atoms with Gasteiger partial charge in [0.15, 0.2) is 0 Å². The molecule has 0 aliphatic rings. The second kappa shape index (κ2) is 5.43. The first kappa shape index (κ1) is 10.8. The lowest BCUT2D eigenvalue weighted by Crippen LogP contribution is -1.94. The molecule has 0 spiro atoms. The predicted octanol–water partition coefficient (Wildman–Crippen LogP) is 3.46. The minimum absolute atomic E-state index is 0.671. The van der Waals surface area contributed by atoms with E-state index in [4.69, 9.17) is 17.3 Å². The van der Waals surface area contributed by atoms with Gasteiger partial charge in [0.25, 0.3) is 0 Å². The lowest BCUT2D eigenvalue weighted by molar-refractivity contribution is 1.01. The third-order valence-corrected chi connectivity index (χ3v) is 2.41. The summed E-state index contributed by atoms with van der Waals surface area (Å²) in [5, 5.41) is 0.752. The quantitative estimate of drug-likeness (QED) is 0.885. The molecule has 1 rings (SSSR count). The molecule has 0 aromatic heterocycles. The molecule has 0 fully saturated rings. The molecule has 0 radical (unpaired) electrons. The zero-order chi connectivity index (χ0) is 9.68. The number of hydrogen-bond donors (Lipinski definition) is 1. The summed E-state index contributed by atoms with van der Waals surface area (Å²) >= 11 is 9.35. The molecular formula is C10H11BrClN. The van der Waals surface area contributed by atoms with E-state index in [-0.39, 0.29) is 0 Å². The van der Waals surface area contributed by atoms with Crippen LogP contribution in [0.2, 0.25) is 5.02 Å². The molecular weight excluding hydrogens is 249 g/mol. The summed E-state index contributed by atoms with van der Waals surface area (Å²) in [6.45, 7) is 0.671. The Hall–Kier alpha value is -0.310. The van der Waals surface area contributed by atoms with Crippen molar-refractivity contribution in [2.45, 2.75) is 6.42 Å². The van der Waals surface area contributed by atoms with E-state index in [1.165, 1.54) is 0 Å². The van der Waals surface area contributed by atoms with Crippen LogP contribution in [0.15, 0.2) is 28.7 Å². The van der Waals surface area contributed by atoms with E-state index in [0.29, 0.717) is 6.54 Å². The highest BCUT2D eigenvalue weighted by Crippen LogP contribution is 2.22. The smallest absolute Gasteiger partial charge is 0.0489 e. The van der Waals surface area contributed by atoms with Crippen LogP contribution in [-0.2, 0) is 0 Å². The lowest BCUT2D eigenvalue weighted by atomic mass is 10.2. The fraction of sp³-hybridized carbons (Fsp3) is 0.200. The van der Waals surface area contributed by atoms with Gasteiger partial charge in [-0.1, -0.05) is 45.7 Å². The van der Waals surface area contributed by atoms with Crippen LogP contribution in [0.3, 0.4) is 0 Å². The highest BCUT2D eigenvalue weighted by Gasteiger charge is 1.95. The van der Waals surface area contributed by atoms with Crippen LogP contribution in [0.4, 0.5) is 0 Å². The van der Waals surface area contributed by atoms with Gasteiger partial charge in [-0.25, -0.2) is 0 Å². The number of benzene rings is 1. The minimum atomic E-state index is 0.671. The summed E-state index contributed by atoms with van der Waals surface area (Å²) in [5.74, 6) is 0. The minimum Gasteiger partial charge on any atom is -0.330 e.